The van der Waals surface area contributed by atoms with Crippen LogP contribution in [0.25, 0.3) is 0 Å². The lowest BCUT2D eigenvalue weighted by molar-refractivity contribution is -0.121. The molecule has 1 aliphatic rings. The molecule has 0 bridgehead atoms. The SMILES string of the molecule is O=C(Nc1ccc(Br)cc1)C1CCN(CCCO)CC1. The van der Waals surface area contributed by atoms with Gasteiger partial charge in [0.05, 0.1) is 0 Å². The fourth-order valence-electron chi connectivity index (χ4n) is 2.49. The van der Waals surface area contributed by atoms with Gasteiger partial charge in [0.1, 0.15) is 0 Å². The van der Waals surface area contributed by atoms with E-state index < -0.39 is 0 Å². The van der Waals surface area contributed by atoms with Crippen molar-refractivity contribution in [1.29, 1.82) is 0 Å². The molecule has 0 aliphatic carbocycles. The van der Waals surface area contributed by atoms with Crippen LogP contribution in [0.15, 0.2) is 28.7 Å². The van der Waals surface area contributed by atoms with Crippen LogP contribution in [0.3, 0.4) is 0 Å². The number of nitrogens with one attached hydrogen (secondary N) is 1. The molecule has 5 heteroatoms. The lowest BCUT2D eigenvalue weighted by Crippen LogP contribution is -2.38. The molecule has 0 radical (unpaired) electrons. The number of hydrogen-bond donors (Lipinski definition) is 2. The predicted octanol–water partition coefficient (Wildman–Crippen LogP) is 2.48. The first kappa shape index (κ1) is 15.5. The summed E-state index contributed by atoms with van der Waals surface area (Å²) in [6.45, 7) is 3.05. The number of amides is 1. The largest absolute Gasteiger partial charge is 0.396 e. The summed E-state index contributed by atoms with van der Waals surface area (Å²) in [6.07, 6.45) is 2.61. The summed E-state index contributed by atoms with van der Waals surface area (Å²) < 4.78 is 1.01. The topological polar surface area (TPSA) is 52.6 Å². The van der Waals surface area contributed by atoms with Crippen molar-refractivity contribution in [2.45, 2.75) is 19.3 Å². The van der Waals surface area contributed by atoms with Crippen LogP contribution in [0.4, 0.5) is 5.69 Å². The number of aliphatic hydroxyl groups excluding tert-OH is 1. The van der Waals surface area contributed by atoms with Gasteiger partial charge in [-0.05, 0) is 56.6 Å². The van der Waals surface area contributed by atoms with E-state index in [1.807, 2.05) is 24.3 Å². The molecular formula is C15H21BrN2O2. The van der Waals surface area contributed by atoms with Crippen molar-refractivity contribution in [2.75, 3.05) is 31.6 Å². The molecule has 4 nitrogen and oxygen atoms in total. The first-order valence-corrected chi connectivity index (χ1v) is 7.88. The molecule has 0 saturated carbocycles. The van der Waals surface area contributed by atoms with Gasteiger partial charge < -0.3 is 15.3 Å². The number of likely N-dealkylation sites (tertiary alicyclic amines) is 1. The highest BCUT2D eigenvalue weighted by Gasteiger charge is 2.24. The van der Waals surface area contributed by atoms with Gasteiger partial charge in [0.2, 0.25) is 5.91 Å². The fraction of sp³-hybridized carbons (Fsp3) is 0.533. The van der Waals surface area contributed by atoms with E-state index >= 15 is 0 Å². The van der Waals surface area contributed by atoms with E-state index in [0.717, 1.165) is 49.1 Å². The first-order chi connectivity index (χ1) is 9.69. The molecule has 1 aromatic carbocycles. The van der Waals surface area contributed by atoms with Crippen molar-refractivity contribution in [1.82, 2.24) is 4.90 Å². The Kier molecular flexibility index (Phi) is 6.01. The Bertz CT molecular complexity index is 428. The molecule has 0 atom stereocenters. The molecule has 1 aliphatic heterocycles. The van der Waals surface area contributed by atoms with Crippen LogP contribution in [0.1, 0.15) is 19.3 Å². The smallest absolute Gasteiger partial charge is 0.227 e. The molecular weight excluding hydrogens is 320 g/mol. The summed E-state index contributed by atoms with van der Waals surface area (Å²) in [7, 11) is 0. The van der Waals surface area contributed by atoms with Crippen molar-refractivity contribution in [3.8, 4) is 0 Å². The molecule has 0 spiro atoms. The van der Waals surface area contributed by atoms with E-state index in [0.29, 0.717) is 0 Å². The summed E-state index contributed by atoms with van der Waals surface area (Å²) >= 11 is 3.38. The third-order valence-electron chi connectivity index (χ3n) is 3.70. The Labute approximate surface area is 128 Å². The highest BCUT2D eigenvalue weighted by atomic mass is 79.9. The number of benzene rings is 1. The van der Waals surface area contributed by atoms with Crippen LogP contribution in [-0.4, -0.2) is 42.2 Å². The molecule has 1 fully saturated rings. The number of rotatable bonds is 5. The van der Waals surface area contributed by atoms with Gasteiger partial charge >= 0.3 is 0 Å². The van der Waals surface area contributed by atoms with Gasteiger partial charge in [0.25, 0.3) is 0 Å². The van der Waals surface area contributed by atoms with E-state index in [-0.39, 0.29) is 18.4 Å². The summed E-state index contributed by atoms with van der Waals surface area (Å²) in [5.41, 5.74) is 0.848. The maximum atomic E-state index is 12.2. The zero-order valence-electron chi connectivity index (χ0n) is 11.5. The summed E-state index contributed by atoms with van der Waals surface area (Å²) in [4.78, 5) is 14.5. The van der Waals surface area contributed by atoms with Crippen LogP contribution < -0.4 is 5.32 Å². The summed E-state index contributed by atoms with van der Waals surface area (Å²) in [6, 6.07) is 7.65. The Morgan fingerprint density at radius 3 is 2.55 bits per heavy atom. The van der Waals surface area contributed by atoms with Crippen LogP contribution >= 0.6 is 15.9 Å². The lowest BCUT2D eigenvalue weighted by atomic mass is 9.95. The molecule has 0 aromatic heterocycles. The van der Waals surface area contributed by atoms with Crippen molar-refractivity contribution in [3.05, 3.63) is 28.7 Å². The minimum atomic E-state index is 0.101. The van der Waals surface area contributed by atoms with Gasteiger partial charge in [0, 0.05) is 29.2 Å². The fourth-order valence-corrected chi connectivity index (χ4v) is 2.75. The Hall–Kier alpha value is -0.910. The van der Waals surface area contributed by atoms with Crippen LogP contribution in [0.2, 0.25) is 0 Å². The second kappa shape index (κ2) is 7.76. The van der Waals surface area contributed by atoms with Gasteiger partial charge in [-0.15, -0.1) is 0 Å². The quantitative estimate of drug-likeness (QED) is 0.865. The Morgan fingerprint density at radius 1 is 1.30 bits per heavy atom. The second-order valence-corrected chi connectivity index (χ2v) is 6.10. The zero-order valence-corrected chi connectivity index (χ0v) is 13.1. The number of halogens is 1. The maximum Gasteiger partial charge on any atom is 0.227 e. The monoisotopic (exact) mass is 340 g/mol. The van der Waals surface area contributed by atoms with Crippen molar-refractivity contribution < 1.29 is 9.90 Å². The van der Waals surface area contributed by atoms with E-state index in [1.165, 1.54) is 0 Å². The number of carbonyl (C=O) groups excluding carboxylic acids is 1. The summed E-state index contributed by atoms with van der Waals surface area (Å²) in [5, 5.41) is 11.8. The van der Waals surface area contributed by atoms with Gasteiger partial charge in [-0.25, -0.2) is 0 Å². The number of aliphatic hydroxyl groups is 1. The highest BCUT2D eigenvalue weighted by molar-refractivity contribution is 9.10. The number of anilines is 1. The molecule has 1 saturated heterocycles. The lowest BCUT2D eigenvalue weighted by Gasteiger charge is -2.31. The molecule has 110 valence electrons. The highest BCUT2D eigenvalue weighted by Crippen LogP contribution is 2.20. The van der Waals surface area contributed by atoms with Crippen molar-refractivity contribution in [3.63, 3.8) is 0 Å². The molecule has 2 N–H and O–H groups in total. The average molecular weight is 341 g/mol. The van der Waals surface area contributed by atoms with E-state index in [1.54, 1.807) is 0 Å². The number of carbonyl (C=O) groups is 1. The third kappa shape index (κ3) is 4.58. The number of hydrogen-bond acceptors (Lipinski definition) is 3. The first-order valence-electron chi connectivity index (χ1n) is 7.08. The standard InChI is InChI=1S/C15H21BrN2O2/c16-13-2-4-14(5-3-13)17-15(20)12-6-9-18(10-7-12)8-1-11-19/h2-5,12,19H,1,6-11H2,(H,17,20). The number of nitrogens with zero attached hydrogens (tertiary/aromatic N) is 1. The molecule has 1 aromatic rings. The number of piperidine rings is 1. The molecule has 1 amide bonds. The Balaban J connectivity index is 1.78. The third-order valence-corrected chi connectivity index (χ3v) is 4.23. The van der Waals surface area contributed by atoms with Gasteiger partial charge in [-0.3, -0.25) is 4.79 Å². The molecule has 1 heterocycles. The predicted molar refractivity (Wildman–Crippen MR) is 83.6 cm³/mol. The van der Waals surface area contributed by atoms with Crippen molar-refractivity contribution in [2.24, 2.45) is 5.92 Å². The normalized spacial score (nSPS) is 17.1. The minimum absolute atomic E-state index is 0.101. The zero-order chi connectivity index (χ0) is 14.4. The van der Waals surface area contributed by atoms with Gasteiger partial charge in [0.15, 0.2) is 0 Å². The van der Waals surface area contributed by atoms with Crippen LogP contribution in [-0.2, 0) is 4.79 Å². The van der Waals surface area contributed by atoms with Crippen LogP contribution in [0, 0.1) is 5.92 Å². The summed E-state index contributed by atoms with van der Waals surface area (Å²) in [5.74, 6) is 0.221. The van der Waals surface area contributed by atoms with E-state index in [4.69, 9.17) is 5.11 Å². The second-order valence-electron chi connectivity index (χ2n) is 5.19. The van der Waals surface area contributed by atoms with Gasteiger partial charge in [-0.2, -0.15) is 0 Å². The molecule has 0 unspecified atom stereocenters. The Morgan fingerprint density at radius 2 is 1.95 bits per heavy atom. The van der Waals surface area contributed by atoms with Crippen molar-refractivity contribution >= 4 is 27.5 Å². The molecule has 2 rings (SSSR count). The van der Waals surface area contributed by atoms with Crippen LogP contribution in [0.5, 0.6) is 0 Å². The van der Waals surface area contributed by atoms with E-state index in [2.05, 4.69) is 26.1 Å². The van der Waals surface area contributed by atoms with Gasteiger partial charge in [-0.1, -0.05) is 15.9 Å². The minimum Gasteiger partial charge on any atom is -0.396 e. The molecule has 20 heavy (non-hydrogen) atoms. The average Bonchev–Trinajstić information content (AvgIpc) is 2.48. The van der Waals surface area contributed by atoms with E-state index in [9.17, 15) is 4.79 Å². The maximum absolute atomic E-state index is 12.2.